The minimum Gasteiger partial charge on any atom is -0.391 e. The van der Waals surface area contributed by atoms with Gasteiger partial charge < -0.3 is 15.3 Å². The van der Waals surface area contributed by atoms with E-state index in [1.165, 1.54) is 17.7 Å². The Hall–Kier alpha value is -3.95. The van der Waals surface area contributed by atoms with Crippen LogP contribution in [-0.4, -0.2) is 88.1 Å². The lowest BCUT2D eigenvalue weighted by atomic mass is 9.72. The highest BCUT2D eigenvalue weighted by atomic mass is 16.3. The number of pyridine rings is 1. The molecule has 1 saturated heterocycles. The molecule has 2 unspecified atom stereocenters. The van der Waals surface area contributed by atoms with Gasteiger partial charge in [-0.25, -0.2) is 4.98 Å². The fourth-order valence-corrected chi connectivity index (χ4v) is 7.95. The van der Waals surface area contributed by atoms with Gasteiger partial charge in [-0.2, -0.15) is 0 Å². The summed E-state index contributed by atoms with van der Waals surface area (Å²) in [6, 6.07) is 20.5. The standard InChI is InChI=1S/C42H56N4O5/c1-42(2,3)44-41(51)36-22-30-16-9-10-17-31(30)26-46(36)27-39(49)32(21-28-13-7-6-8-14-28)23-37(47)33(25-40(50)45(4)5)24-38(48)35-20-19-29-15-11-12-18-34(29)43-35/h6-8,11-15,18-20,30-33,36,39,49H,9-10,16-17,21-27H2,1-5H3,(H,44,51)/t30?,31?,32-,33+,36+,39-/m1/s1. The minimum atomic E-state index is -0.915. The zero-order chi connectivity index (χ0) is 36.7. The number of likely N-dealkylation sites (tertiary alicyclic amines) is 1. The number of piperidine rings is 1. The molecule has 274 valence electrons. The first-order valence-electron chi connectivity index (χ1n) is 18.7. The number of nitrogens with zero attached hydrogens (tertiary/aromatic N) is 3. The molecule has 6 atom stereocenters. The van der Waals surface area contributed by atoms with Gasteiger partial charge in [-0.15, -0.1) is 0 Å². The number of hydrogen-bond acceptors (Lipinski definition) is 7. The summed E-state index contributed by atoms with van der Waals surface area (Å²) in [4.78, 5) is 62.7. The molecule has 51 heavy (non-hydrogen) atoms. The van der Waals surface area contributed by atoms with Gasteiger partial charge >= 0.3 is 0 Å². The van der Waals surface area contributed by atoms with Gasteiger partial charge in [0.2, 0.25) is 11.8 Å². The molecule has 1 aromatic heterocycles. The third-order valence-electron chi connectivity index (χ3n) is 10.8. The molecule has 2 amide bonds. The van der Waals surface area contributed by atoms with Crippen molar-refractivity contribution in [2.24, 2.45) is 23.7 Å². The van der Waals surface area contributed by atoms with E-state index < -0.39 is 17.9 Å². The Balaban J connectivity index is 1.38. The van der Waals surface area contributed by atoms with Crippen molar-refractivity contribution in [2.75, 3.05) is 27.2 Å². The molecule has 9 heteroatoms. The van der Waals surface area contributed by atoms with Gasteiger partial charge in [0, 0.05) is 63.3 Å². The SMILES string of the molecule is CN(C)C(=O)C[C@H](CC(=O)c1ccc2ccccc2n1)C(=O)C[C@@H](Cc1ccccc1)[C@H](O)CN1CC2CCCCC2C[C@H]1C(=O)NC(C)(C)C. The summed E-state index contributed by atoms with van der Waals surface area (Å²) in [5, 5.41) is 16.1. The van der Waals surface area contributed by atoms with Crippen LogP contribution >= 0.6 is 0 Å². The number of carbonyl (C=O) groups is 4. The highest BCUT2D eigenvalue weighted by Gasteiger charge is 2.42. The molecule has 0 spiro atoms. The van der Waals surface area contributed by atoms with Crippen molar-refractivity contribution in [3.05, 3.63) is 78.0 Å². The van der Waals surface area contributed by atoms with Gasteiger partial charge in [0.15, 0.2) is 5.78 Å². The third kappa shape index (κ3) is 10.5. The maximum absolute atomic E-state index is 14.3. The van der Waals surface area contributed by atoms with Crippen LogP contribution in [0.25, 0.3) is 10.9 Å². The second-order valence-electron chi connectivity index (χ2n) is 16.1. The molecule has 9 nitrogen and oxygen atoms in total. The van der Waals surface area contributed by atoms with E-state index in [1.54, 1.807) is 20.2 Å². The number of amides is 2. The van der Waals surface area contributed by atoms with Crippen LogP contribution in [0.3, 0.4) is 0 Å². The van der Waals surface area contributed by atoms with E-state index in [0.717, 1.165) is 36.8 Å². The Morgan fingerprint density at radius 2 is 1.59 bits per heavy atom. The zero-order valence-electron chi connectivity index (χ0n) is 31.0. The van der Waals surface area contributed by atoms with Gasteiger partial charge in [-0.05, 0) is 75.5 Å². The van der Waals surface area contributed by atoms with Crippen LogP contribution in [0.15, 0.2) is 66.7 Å². The molecule has 0 bridgehead atoms. The second kappa shape index (κ2) is 17.0. The van der Waals surface area contributed by atoms with Crippen molar-refractivity contribution in [3.8, 4) is 0 Å². The molecule has 2 aromatic carbocycles. The molecule has 1 saturated carbocycles. The van der Waals surface area contributed by atoms with E-state index in [1.807, 2.05) is 81.4 Å². The molecule has 3 aromatic rings. The first-order valence-corrected chi connectivity index (χ1v) is 18.7. The summed E-state index contributed by atoms with van der Waals surface area (Å²) in [6.45, 7) is 6.95. The number of ketones is 2. The molecule has 2 aliphatic rings. The second-order valence-corrected chi connectivity index (χ2v) is 16.1. The monoisotopic (exact) mass is 696 g/mol. The number of hydrogen-bond donors (Lipinski definition) is 2. The normalized spacial score (nSPS) is 21.3. The molecule has 2 fully saturated rings. The van der Waals surface area contributed by atoms with Gasteiger partial charge in [-0.3, -0.25) is 24.1 Å². The fraction of sp³-hybridized carbons (Fsp3) is 0.548. The lowest BCUT2D eigenvalue weighted by Crippen LogP contribution is -2.59. The first-order chi connectivity index (χ1) is 24.3. The number of aliphatic hydroxyl groups is 1. The average molecular weight is 697 g/mol. The van der Waals surface area contributed by atoms with Crippen molar-refractivity contribution in [2.45, 2.75) is 96.2 Å². The summed E-state index contributed by atoms with van der Waals surface area (Å²) in [5.74, 6) is -1.16. The lowest BCUT2D eigenvalue weighted by molar-refractivity contribution is -0.135. The fourth-order valence-electron chi connectivity index (χ4n) is 7.95. The van der Waals surface area contributed by atoms with Crippen LogP contribution in [0.5, 0.6) is 0 Å². The zero-order valence-corrected chi connectivity index (χ0v) is 31.0. The number of rotatable bonds is 14. The van der Waals surface area contributed by atoms with Crippen molar-refractivity contribution < 1.29 is 24.3 Å². The quantitative estimate of drug-likeness (QED) is 0.202. The Labute approximate surface area is 303 Å². The number of carbonyl (C=O) groups excluding carboxylic acids is 4. The van der Waals surface area contributed by atoms with Crippen LogP contribution in [0.1, 0.15) is 88.2 Å². The molecular weight excluding hydrogens is 640 g/mol. The van der Waals surface area contributed by atoms with E-state index >= 15 is 0 Å². The first kappa shape index (κ1) is 38.3. The lowest BCUT2D eigenvalue weighted by Gasteiger charge is -2.47. The van der Waals surface area contributed by atoms with E-state index in [4.69, 9.17) is 0 Å². The predicted molar refractivity (Wildman–Crippen MR) is 200 cm³/mol. The van der Waals surface area contributed by atoms with Gasteiger partial charge in [-0.1, -0.05) is 73.9 Å². The third-order valence-corrected chi connectivity index (χ3v) is 10.8. The van der Waals surface area contributed by atoms with Crippen molar-refractivity contribution in [3.63, 3.8) is 0 Å². The smallest absolute Gasteiger partial charge is 0.237 e. The number of Topliss-reactive ketones (excluding diaryl/α,β-unsaturated/α-hetero) is 2. The number of β-amino-alcohol motifs (C(OH)–C–C–N with tert-alkyl or cyclic N) is 1. The topological polar surface area (TPSA) is 120 Å². The number of aliphatic hydroxyl groups excluding tert-OH is 1. The summed E-state index contributed by atoms with van der Waals surface area (Å²) in [6.07, 6.45) is 4.66. The summed E-state index contributed by atoms with van der Waals surface area (Å²) in [5.41, 5.74) is 1.55. The van der Waals surface area contributed by atoms with Crippen LogP contribution in [-0.2, 0) is 20.8 Å². The molecule has 1 aliphatic carbocycles. The summed E-state index contributed by atoms with van der Waals surface area (Å²) in [7, 11) is 3.28. The average Bonchev–Trinajstić information content (AvgIpc) is 3.10. The minimum absolute atomic E-state index is 0.00138. The molecular formula is C42H56N4O5. The Morgan fingerprint density at radius 3 is 2.29 bits per heavy atom. The van der Waals surface area contributed by atoms with E-state index in [0.29, 0.717) is 23.8 Å². The number of fused-ring (bicyclic) bond motifs is 2. The van der Waals surface area contributed by atoms with Crippen LogP contribution < -0.4 is 5.32 Å². The molecule has 2 N–H and O–H groups in total. The van der Waals surface area contributed by atoms with Crippen molar-refractivity contribution in [1.82, 2.24) is 20.1 Å². The predicted octanol–water partition coefficient (Wildman–Crippen LogP) is 5.88. The van der Waals surface area contributed by atoms with Crippen LogP contribution in [0, 0.1) is 23.7 Å². The number of benzene rings is 2. The highest BCUT2D eigenvalue weighted by Crippen LogP contribution is 2.39. The van der Waals surface area contributed by atoms with Gasteiger partial charge in [0.1, 0.15) is 11.5 Å². The maximum Gasteiger partial charge on any atom is 0.237 e. The number of aromatic nitrogens is 1. The largest absolute Gasteiger partial charge is 0.391 e. The molecule has 1 aliphatic heterocycles. The van der Waals surface area contributed by atoms with Crippen molar-refractivity contribution >= 4 is 34.3 Å². The Bertz CT molecular complexity index is 1670. The van der Waals surface area contributed by atoms with Crippen molar-refractivity contribution in [1.29, 1.82) is 0 Å². The Kier molecular flexibility index (Phi) is 12.8. The number of nitrogens with one attached hydrogen (secondary N) is 1. The molecule has 0 radical (unpaired) electrons. The van der Waals surface area contributed by atoms with E-state index in [2.05, 4.69) is 15.2 Å². The summed E-state index contributed by atoms with van der Waals surface area (Å²) < 4.78 is 0. The van der Waals surface area contributed by atoms with E-state index in [-0.39, 0.29) is 66.5 Å². The highest BCUT2D eigenvalue weighted by molar-refractivity contribution is 6.00. The van der Waals surface area contributed by atoms with Gasteiger partial charge in [0.05, 0.1) is 17.7 Å². The maximum atomic E-state index is 14.3. The summed E-state index contributed by atoms with van der Waals surface area (Å²) >= 11 is 0. The molecule has 2 heterocycles. The van der Waals surface area contributed by atoms with Gasteiger partial charge in [0.25, 0.3) is 0 Å². The van der Waals surface area contributed by atoms with E-state index in [9.17, 15) is 24.3 Å². The molecule has 5 rings (SSSR count). The Morgan fingerprint density at radius 1 is 0.902 bits per heavy atom. The number of para-hydroxylation sites is 1. The van der Waals surface area contributed by atoms with Crippen LogP contribution in [0.4, 0.5) is 0 Å². The van der Waals surface area contributed by atoms with Crippen LogP contribution in [0.2, 0.25) is 0 Å².